The van der Waals surface area contributed by atoms with Crippen LogP contribution in [0.2, 0.25) is 0 Å². The summed E-state index contributed by atoms with van der Waals surface area (Å²) in [5.41, 5.74) is 3.64. The van der Waals surface area contributed by atoms with Crippen molar-refractivity contribution in [3.8, 4) is 11.3 Å². The number of fused-ring (bicyclic) bond motifs is 1. The molecule has 0 radical (unpaired) electrons. The minimum absolute atomic E-state index is 0.0680. The van der Waals surface area contributed by atoms with Gasteiger partial charge in [0.05, 0.1) is 31.6 Å². The monoisotopic (exact) mass is 459 g/mol. The highest BCUT2D eigenvalue weighted by Crippen LogP contribution is 2.47. The summed E-state index contributed by atoms with van der Waals surface area (Å²) < 4.78 is 7.37. The first-order valence-corrected chi connectivity index (χ1v) is 12.0. The van der Waals surface area contributed by atoms with Crippen LogP contribution in [0, 0.1) is 5.41 Å². The van der Waals surface area contributed by atoms with Gasteiger partial charge >= 0.3 is 0 Å². The van der Waals surface area contributed by atoms with Crippen molar-refractivity contribution in [3.63, 3.8) is 0 Å². The normalized spacial score (nSPS) is 20.3. The maximum absolute atomic E-state index is 13.5. The highest BCUT2D eigenvalue weighted by atomic mass is 16.5. The van der Waals surface area contributed by atoms with E-state index < -0.39 is 0 Å². The van der Waals surface area contributed by atoms with E-state index in [1.165, 1.54) is 0 Å². The van der Waals surface area contributed by atoms with Gasteiger partial charge in [0.2, 0.25) is 5.95 Å². The lowest BCUT2D eigenvalue weighted by Gasteiger charge is -2.53. The van der Waals surface area contributed by atoms with Crippen LogP contribution in [0.15, 0.2) is 54.9 Å². The number of hydrogen-bond acceptors (Lipinski definition) is 6. The van der Waals surface area contributed by atoms with E-state index in [1.807, 2.05) is 53.2 Å². The maximum atomic E-state index is 13.5. The molecule has 2 aliphatic heterocycles. The molecule has 8 heteroatoms. The summed E-state index contributed by atoms with van der Waals surface area (Å²) in [4.78, 5) is 24.5. The molecule has 0 unspecified atom stereocenters. The topological polar surface area (TPSA) is 92.5 Å². The molecule has 2 N–H and O–H groups in total. The number of benzene rings is 1. The molecule has 176 valence electrons. The van der Waals surface area contributed by atoms with E-state index in [0.29, 0.717) is 29.6 Å². The molecule has 1 saturated carbocycles. The molecule has 1 aliphatic carbocycles. The minimum Gasteiger partial charge on any atom is -0.394 e. The zero-order valence-electron chi connectivity index (χ0n) is 19.1. The van der Waals surface area contributed by atoms with Gasteiger partial charge in [-0.3, -0.25) is 4.79 Å². The average molecular weight is 460 g/mol. The molecule has 1 spiro atoms. The second-order valence-electron chi connectivity index (χ2n) is 9.78. The lowest BCUT2D eigenvalue weighted by Crippen LogP contribution is -2.56. The van der Waals surface area contributed by atoms with Crippen molar-refractivity contribution in [1.82, 2.24) is 19.4 Å². The van der Waals surface area contributed by atoms with Crippen molar-refractivity contribution in [3.05, 3.63) is 66.1 Å². The third-order valence-electron chi connectivity index (χ3n) is 7.37. The fourth-order valence-electron chi connectivity index (χ4n) is 5.52. The van der Waals surface area contributed by atoms with E-state index in [2.05, 4.69) is 10.3 Å². The van der Waals surface area contributed by atoms with Gasteiger partial charge in [0, 0.05) is 42.5 Å². The molecular weight excluding hydrogens is 430 g/mol. The molecule has 2 fully saturated rings. The number of aryl methyl sites for hydroxylation is 1. The van der Waals surface area contributed by atoms with Crippen molar-refractivity contribution >= 4 is 11.9 Å². The minimum atomic E-state index is -0.361. The predicted molar refractivity (Wildman–Crippen MR) is 127 cm³/mol. The van der Waals surface area contributed by atoms with Crippen LogP contribution >= 0.6 is 0 Å². The number of aliphatic hydroxyl groups excluding tert-OH is 1. The SMILES string of the molecule is O=C1c2cc(-c3ccnc(NC4CC5(COC5)C4)n3)cn2CCCN1[C@H](CO)c1ccccc1. The molecule has 1 amide bonds. The molecule has 6 rings (SSSR count). The summed E-state index contributed by atoms with van der Waals surface area (Å²) in [7, 11) is 0. The second-order valence-corrected chi connectivity index (χ2v) is 9.78. The Morgan fingerprint density at radius 3 is 2.74 bits per heavy atom. The molecule has 0 bridgehead atoms. The lowest BCUT2D eigenvalue weighted by molar-refractivity contribution is -0.160. The first-order chi connectivity index (χ1) is 16.6. The van der Waals surface area contributed by atoms with Gasteiger partial charge in [0.15, 0.2) is 0 Å². The molecule has 4 heterocycles. The van der Waals surface area contributed by atoms with Crippen molar-refractivity contribution in [2.45, 2.75) is 37.9 Å². The summed E-state index contributed by atoms with van der Waals surface area (Å²) in [5, 5.41) is 13.6. The number of aromatic nitrogens is 3. The quantitative estimate of drug-likeness (QED) is 0.589. The average Bonchev–Trinajstić information content (AvgIpc) is 3.18. The van der Waals surface area contributed by atoms with Gasteiger partial charge in [-0.25, -0.2) is 9.97 Å². The third kappa shape index (κ3) is 3.76. The fraction of sp³-hybridized carbons (Fsp3) is 0.423. The third-order valence-corrected chi connectivity index (χ3v) is 7.37. The van der Waals surface area contributed by atoms with Gasteiger partial charge in [-0.15, -0.1) is 0 Å². The Balaban J connectivity index is 1.22. The number of anilines is 1. The molecule has 3 aromatic rings. The van der Waals surface area contributed by atoms with Crippen molar-refractivity contribution in [2.24, 2.45) is 5.41 Å². The highest BCUT2D eigenvalue weighted by molar-refractivity contribution is 5.95. The molecule has 2 aromatic heterocycles. The van der Waals surface area contributed by atoms with Crippen LogP contribution < -0.4 is 5.32 Å². The zero-order valence-corrected chi connectivity index (χ0v) is 19.1. The summed E-state index contributed by atoms with van der Waals surface area (Å²) in [6.45, 7) is 2.97. The Hall–Kier alpha value is -3.23. The van der Waals surface area contributed by atoms with Crippen molar-refractivity contribution in [2.75, 3.05) is 31.7 Å². The Labute approximate surface area is 198 Å². The molecule has 1 saturated heterocycles. The van der Waals surface area contributed by atoms with Crippen LogP contribution in [0.25, 0.3) is 11.3 Å². The number of nitrogens with zero attached hydrogens (tertiary/aromatic N) is 4. The van der Waals surface area contributed by atoms with Gasteiger partial charge in [0.1, 0.15) is 5.69 Å². The van der Waals surface area contributed by atoms with E-state index in [9.17, 15) is 9.90 Å². The fourth-order valence-corrected chi connectivity index (χ4v) is 5.52. The Morgan fingerprint density at radius 2 is 2.00 bits per heavy atom. The number of hydrogen-bond donors (Lipinski definition) is 2. The number of carbonyl (C=O) groups is 1. The van der Waals surface area contributed by atoms with E-state index in [4.69, 9.17) is 9.72 Å². The number of carbonyl (C=O) groups excluding carboxylic acids is 1. The molecular formula is C26H29N5O3. The van der Waals surface area contributed by atoms with Crippen LogP contribution in [0.3, 0.4) is 0 Å². The van der Waals surface area contributed by atoms with E-state index in [1.54, 1.807) is 11.1 Å². The number of nitrogens with one attached hydrogen (secondary N) is 1. The standard InChI is InChI=1S/C26H29N5O3/c32-15-23(18-5-2-1-3-6-18)31-10-4-9-30-14-19(11-22(30)24(31)33)21-7-8-27-25(29-21)28-20-12-26(13-20)16-34-17-26/h1-3,5-8,11,14,20,23,32H,4,9-10,12-13,15-17H2,(H,27,28,29)/t23-/m1/s1. The summed E-state index contributed by atoms with van der Waals surface area (Å²) in [5.74, 6) is 0.554. The number of ether oxygens (including phenoxy) is 1. The summed E-state index contributed by atoms with van der Waals surface area (Å²) >= 11 is 0. The van der Waals surface area contributed by atoms with E-state index in [-0.39, 0.29) is 18.6 Å². The Morgan fingerprint density at radius 1 is 1.18 bits per heavy atom. The van der Waals surface area contributed by atoms with Crippen molar-refractivity contribution in [1.29, 1.82) is 0 Å². The lowest BCUT2D eigenvalue weighted by atomic mass is 9.64. The Kier molecular flexibility index (Phi) is 5.34. The summed E-state index contributed by atoms with van der Waals surface area (Å²) in [6.07, 6.45) is 6.78. The highest BCUT2D eigenvalue weighted by Gasteiger charge is 2.50. The van der Waals surface area contributed by atoms with Crippen LogP contribution in [0.5, 0.6) is 0 Å². The first kappa shape index (κ1) is 21.3. The van der Waals surface area contributed by atoms with Crippen LogP contribution in [-0.4, -0.2) is 62.9 Å². The molecule has 1 aromatic carbocycles. The molecule has 1 atom stereocenters. The van der Waals surface area contributed by atoms with Crippen LogP contribution in [0.4, 0.5) is 5.95 Å². The van der Waals surface area contributed by atoms with Crippen LogP contribution in [0.1, 0.15) is 41.4 Å². The van der Waals surface area contributed by atoms with Crippen molar-refractivity contribution < 1.29 is 14.6 Å². The van der Waals surface area contributed by atoms with Gasteiger partial charge in [-0.05, 0) is 37.0 Å². The first-order valence-electron chi connectivity index (χ1n) is 12.0. The second kappa shape index (κ2) is 8.52. The van der Waals surface area contributed by atoms with Gasteiger partial charge < -0.3 is 24.6 Å². The Bertz CT molecular complexity index is 1180. The molecule has 34 heavy (non-hydrogen) atoms. The van der Waals surface area contributed by atoms with Gasteiger partial charge in [0.25, 0.3) is 5.91 Å². The maximum Gasteiger partial charge on any atom is 0.271 e. The number of rotatable bonds is 6. The van der Waals surface area contributed by atoms with E-state index in [0.717, 1.165) is 55.8 Å². The zero-order chi connectivity index (χ0) is 23.1. The largest absolute Gasteiger partial charge is 0.394 e. The smallest absolute Gasteiger partial charge is 0.271 e. The van der Waals surface area contributed by atoms with E-state index >= 15 is 0 Å². The predicted octanol–water partition coefficient (Wildman–Crippen LogP) is 3.12. The number of aliphatic hydroxyl groups is 1. The molecule has 3 aliphatic rings. The van der Waals surface area contributed by atoms with Gasteiger partial charge in [-0.2, -0.15) is 0 Å². The van der Waals surface area contributed by atoms with Crippen LogP contribution in [-0.2, 0) is 11.3 Å². The number of amides is 1. The van der Waals surface area contributed by atoms with Gasteiger partial charge in [-0.1, -0.05) is 30.3 Å². The summed E-state index contributed by atoms with van der Waals surface area (Å²) in [6, 6.07) is 13.5. The molecule has 8 nitrogen and oxygen atoms in total.